The molecule has 2 heterocycles. The molecule has 2 rings (SSSR count). The lowest BCUT2D eigenvalue weighted by atomic mass is 10.1. The SMILES string of the molecule is CSc1ccc([C@@H]2CCCN2)cn1. The Hall–Kier alpha value is -0.540. The zero-order chi connectivity index (χ0) is 9.10. The van der Waals surface area contributed by atoms with Gasteiger partial charge in [0.05, 0.1) is 5.03 Å². The van der Waals surface area contributed by atoms with Crippen LogP contribution in [0.5, 0.6) is 0 Å². The van der Waals surface area contributed by atoms with Crippen molar-refractivity contribution in [2.45, 2.75) is 23.9 Å². The number of thioether (sulfide) groups is 1. The van der Waals surface area contributed by atoms with Crippen molar-refractivity contribution in [1.82, 2.24) is 10.3 Å². The molecule has 0 spiro atoms. The van der Waals surface area contributed by atoms with Crippen LogP contribution in [-0.2, 0) is 0 Å². The predicted molar refractivity (Wildman–Crippen MR) is 56.0 cm³/mol. The highest BCUT2D eigenvalue weighted by molar-refractivity contribution is 7.98. The lowest BCUT2D eigenvalue weighted by Crippen LogP contribution is -2.12. The zero-order valence-corrected chi connectivity index (χ0v) is 8.60. The van der Waals surface area contributed by atoms with Gasteiger partial charge in [-0.05, 0) is 37.3 Å². The molecule has 1 atom stereocenters. The average molecular weight is 194 g/mol. The van der Waals surface area contributed by atoms with Crippen LogP contribution in [0.2, 0.25) is 0 Å². The second-order valence-corrected chi connectivity index (χ2v) is 4.11. The molecule has 0 unspecified atom stereocenters. The van der Waals surface area contributed by atoms with Gasteiger partial charge in [0.1, 0.15) is 0 Å². The Labute approximate surface area is 83.1 Å². The highest BCUT2D eigenvalue weighted by atomic mass is 32.2. The Morgan fingerprint density at radius 2 is 2.46 bits per heavy atom. The topological polar surface area (TPSA) is 24.9 Å². The number of hydrogen-bond donors (Lipinski definition) is 1. The van der Waals surface area contributed by atoms with E-state index in [1.807, 2.05) is 6.20 Å². The van der Waals surface area contributed by atoms with Gasteiger partial charge in [-0.1, -0.05) is 6.07 Å². The van der Waals surface area contributed by atoms with Gasteiger partial charge in [0.25, 0.3) is 0 Å². The molecule has 0 bridgehead atoms. The summed E-state index contributed by atoms with van der Waals surface area (Å²) in [7, 11) is 0. The molecule has 1 aromatic rings. The van der Waals surface area contributed by atoms with Crippen molar-refractivity contribution in [3.05, 3.63) is 23.9 Å². The first-order valence-corrected chi connectivity index (χ1v) is 5.86. The van der Waals surface area contributed by atoms with Gasteiger partial charge in [-0.25, -0.2) is 4.98 Å². The summed E-state index contributed by atoms with van der Waals surface area (Å²) in [6.07, 6.45) is 6.58. The van der Waals surface area contributed by atoms with E-state index < -0.39 is 0 Å². The fourth-order valence-electron chi connectivity index (χ4n) is 1.69. The number of nitrogens with zero attached hydrogens (tertiary/aromatic N) is 1. The first-order chi connectivity index (χ1) is 6.40. The normalized spacial score (nSPS) is 22.1. The highest BCUT2D eigenvalue weighted by Gasteiger charge is 2.15. The number of nitrogens with one attached hydrogen (secondary N) is 1. The molecule has 1 N–H and O–H groups in total. The quantitative estimate of drug-likeness (QED) is 0.731. The molecule has 0 aliphatic carbocycles. The number of hydrogen-bond acceptors (Lipinski definition) is 3. The van der Waals surface area contributed by atoms with Crippen LogP contribution in [0.3, 0.4) is 0 Å². The summed E-state index contributed by atoms with van der Waals surface area (Å²) in [5.74, 6) is 0. The molecular weight excluding hydrogens is 180 g/mol. The molecule has 1 aliphatic rings. The Bertz CT molecular complexity index is 265. The van der Waals surface area contributed by atoms with E-state index >= 15 is 0 Å². The summed E-state index contributed by atoms with van der Waals surface area (Å²) in [5.41, 5.74) is 1.33. The second-order valence-electron chi connectivity index (χ2n) is 3.28. The third-order valence-electron chi connectivity index (χ3n) is 2.43. The first kappa shape index (κ1) is 9.03. The molecule has 0 saturated carbocycles. The van der Waals surface area contributed by atoms with Crippen LogP contribution >= 0.6 is 11.8 Å². The van der Waals surface area contributed by atoms with Gasteiger partial charge in [-0.15, -0.1) is 11.8 Å². The van der Waals surface area contributed by atoms with Crippen molar-refractivity contribution < 1.29 is 0 Å². The molecule has 0 aromatic carbocycles. The van der Waals surface area contributed by atoms with E-state index in [9.17, 15) is 0 Å². The fourth-order valence-corrected chi connectivity index (χ4v) is 2.05. The first-order valence-electron chi connectivity index (χ1n) is 4.63. The largest absolute Gasteiger partial charge is 0.310 e. The smallest absolute Gasteiger partial charge is 0.0957 e. The van der Waals surface area contributed by atoms with E-state index in [4.69, 9.17) is 0 Å². The van der Waals surface area contributed by atoms with E-state index in [1.165, 1.54) is 18.4 Å². The minimum absolute atomic E-state index is 0.545. The van der Waals surface area contributed by atoms with Gasteiger partial charge in [-0.2, -0.15) is 0 Å². The monoisotopic (exact) mass is 194 g/mol. The Balaban J connectivity index is 2.12. The molecule has 70 valence electrons. The van der Waals surface area contributed by atoms with Crippen LogP contribution in [0.25, 0.3) is 0 Å². The molecule has 0 amide bonds. The van der Waals surface area contributed by atoms with Gasteiger partial charge < -0.3 is 5.32 Å². The molecule has 3 heteroatoms. The third-order valence-corrected chi connectivity index (χ3v) is 3.09. The third kappa shape index (κ3) is 2.03. The maximum absolute atomic E-state index is 4.36. The lowest BCUT2D eigenvalue weighted by molar-refractivity contribution is 0.643. The van der Waals surface area contributed by atoms with Crippen molar-refractivity contribution in [3.63, 3.8) is 0 Å². The predicted octanol–water partition coefficient (Wildman–Crippen LogP) is 2.23. The van der Waals surface area contributed by atoms with E-state index in [2.05, 4.69) is 28.7 Å². The molecule has 1 saturated heterocycles. The summed E-state index contributed by atoms with van der Waals surface area (Å²) >= 11 is 1.69. The van der Waals surface area contributed by atoms with Crippen molar-refractivity contribution in [2.75, 3.05) is 12.8 Å². The summed E-state index contributed by atoms with van der Waals surface area (Å²) in [6.45, 7) is 1.15. The maximum atomic E-state index is 4.36. The Morgan fingerprint density at radius 1 is 1.54 bits per heavy atom. The molecule has 1 aliphatic heterocycles. The summed E-state index contributed by atoms with van der Waals surface area (Å²) in [6, 6.07) is 4.82. The summed E-state index contributed by atoms with van der Waals surface area (Å²) in [5, 5.41) is 4.56. The van der Waals surface area contributed by atoms with Crippen LogP contribution in [-0.4, -0.2) is 17.8 Å². The minimum atomic E-state index is 0.545. The molecule has 0 radical (unpaired) electrons. The van der Waals surface area contributed by atoms with E-state index in [1.54, 1.807) is 11.8 Å². The molecule has 1 aromatic heterocycles. The van der Waals surface area contributed by atoms with Crippen molar-refractivity contribution in [3.8, 4) is 0 Å². The molecular formula is C10H14N2S. The van der Waals surface area contributed by atoms with E-state index in [0.717, 1.165) is 11.6 Å². The van der Waals surface area contributed by atoms with Gasteiger partial charge in [0, 0.05) is 12.2 Å². The number of pyridine rings is 1. The van der Waals surface area contributed by atoms with Crippen LogP contribution in [0.4, 0.5) is 0 Å². The lowest BCUT2D eigenvalue weighted by Gasteiger charge is -2.09. The van der Waals surface area contributed by atoms with Gasteiger partial charge in [-0.3, -0.25) is 0 Å². The Kier molecular flexibility index (Phi) is 2.86. The second kappa shape index (κ2) is 4.11. The fraction of sp³-hybridized carbons (Fsp3) is 0.500. The molecule has 13 heavy (non-hydrogen) atoms. The van der Waals surface area contributed by atoms with E-state index in [0.29, 0.717) is 6.04 Å². The van der Waals surface area contributed by atoms with Crippen LogP contribution < -0.4 is 5.32 Å². The highest BCUT2D eigenvalue weighted by Crippen LogP contribution is 2.23. The molecule has 2 nitrogen and oxygen atoms in total. The molecule has 1 fully saturated rings. The van der Waals surface area contributed by atoms with E-state index in [-0.39, 0.29) is 0 Å². The maximum Gasteiger partial charge on any atom is 0.0957 e. The van der Waals surface area contributed by atoms with Crippen molar-refractivity contribution in [1.29, 1.82) is 0 Å². The van der Waals surface area contributed by atoms with Gasteiger partial charge in [0.2, 0.25) is 0 Å². The minimum Gasteiger partial charge on any atom is -0.310 e. The average Bonchev–Trinajstić information content (AvgIpc) is 2.71. The van der Waals surface area contributed by atoms with Crippen LogP contribution in [0.15, 0.2) is 23.4 Å². The Morgan fingerprint density at radius 3 is 3.00 bits per heavy atom. The van der Waals surface area contributed by atoms with Gasteiger partial charge in [0.15, 0.2) is 0 Å². The summed E-state index contributed by atoms with van der Waals surface area (Å²) < 4.78 is 0. The van der Waals surface area contributed by atoms with Crippen LogP contribution in [0, 0.1) is 0 Å². The van der Waals surface area contributed by atoms with Crippen molar-refractivity contribution >= 4 is 11.8 Å². The van der Waals surface area contributed by atoms with Crippen molar-refractivity contribution in [2.24, 2.45) is 0 Å². The number of aromatic nitrogens is 1. The standard InChI is InChI=1S/C10H14N2S/c1-13-10-5-4-8(7-12-10)9-3-2-6-11-9/h4-5,7,9,11H,2-3,6H2,1H3/t9-/m0/s1. The zero-order valence-electron chi connectivity index (χ0n) is 7.79. The summed E-state index contributed by atoms with van der Waals surface area (Å²) in [4.78, 5) is 4.36. The van der Waals surface area contributed by atoms with Gasteiger partial charge >= 0.3 is 0 Å². The number of rotatable bonds is 2. The van der Waals surface area contributed by atoms with Crippen LogP contribution in [0.1, 0.15) is 24.4 Å².